The highest BCUT2D eigenvalue weighted by molar-refractivity contribution is 8.00. The summed E-state index contributed by atoms with van der Waals surface area (Å²) in [5, 5.41) is 1.10. The van der Waals surface area contributed by atoms with E-state index in [9.17, 15) is 4.79 Å². The summed E-state index contributed by atoms with van der Waals surface area (Å²) in [6.45, 7) is 7.08. The third-order valence-corrected chi connectivity index (χ3v) is 5.23. The number of aryl methyl sites for hydroxylation is 1. The topological polar surface area (TPSA) is 34.9 Å². The molecule has 23 heavy (non-hydrogen) atoms. The summed E-state index contributed by atoms with van der Waals surface area (Å²) >= 11 is 1.59. The number of thioether (sulfide) groups is 1. The highest BCUT2D eigenvalue weighted by atomic mass is 32.2. The van der Waals surface area contributed by atoms with E-state index < -0.39 is 0 Å². The molecule has 0 N–H and O–H groups in total. The zero-order valence-corrected chi connectivity index (χ0v) is 14.5. The lowest BCUT2D eigenvalue weighted by Crippen LogP contribution is -2.05. The summed E-state index contributed by atoms with van der Waals surface area (Å²) in [5.41, 5.74) is 4.02. The normalized spacial score (nSPS) is 11.1. The first-order valence-electron chi connectivity index (χ1n) is 7.78. The second kappa shape index (κ2) is 6.59. The Balaban J connectivity index is 1.81. The van der Waals surface area contributed by atoms with Crippen molar-refractivity contribution >= 4 is 28.4 Å². The van der Waals surface area contributed by atoms with Gasteiger partial charge in [0.1, 0.15) is 0 Å². The Labute approximate surface area is 140 Å². The third kappa shape index (κ3) is 3.04. The number of nitrogens with zero attached hydrogens (tertiary/aromatic N) is 2. The molecule has 3 nitrogen and oxygen atoms in total. The van der Waals surface area contributed by atoms with E-state index in [0.29, 0.717) is 5.75 Å². The van der Waals surface area contributed by atoms with E-state index in [2.05, 4.69) is 29.5 Å². The highest BCUT2D eigenvalue weighted by Crippen LogP contribution is 2.27. The largest absolute Gasteiger partial charge is 0.349 e. The predicted molar refractivity (Wildman–Crippen MR) is 96.4 cm³/mol. The van der Waals surface area contributed by atoms with E-state index in [1.807, 2.05) is 37.3 Å². The minimum atomic E-state index is 0.184. The molecular formula is C19H20N2OS. The van der Waals surface area contributed by atoms with Crippen LogP contribution in [0.5, 0.6) is 0 Å². The second-order valence-electron chi connectivity index (χ2n) is 5.57. The van der Waals surface area contributed by atoms with E-state index >= 15 is 0 Å². The van der Waals surface area contributed by atoms with Crippen LogP contribution in [0.1, 0.15) is 28.7 Å². The van der Waals surface area contributed by atoms with E-state index in [-0.39, 0.29) is 5.78 Å². The molecular weight excluding hydrogens is 304 g/mol. The van der Waals surface area contributed by atoms with Crippen LogP contribution in [0.15, 0.2) is 47.5 Å². The van der Waals surface area contributed by atoms with Crippen LogP contribution in [0.3, 0.4) is 0 Å². The van der Waals surface area contributed by atoms with Gasteiger partial charge in [-0.25, -0.2) is 0 Å². The van der Waals surface area contributed by atoms with Gasteiger partial charge in [0, 0.05) is 40.0 Å². The Morgan fingerprint density at radius 1 is 1.22 bits per heavy atom. The molecule has 4 heteroatoms. The van der Waals surface area contributed by atoms with Crippen molar-refractivity contribution in [2.24, 2.45) is 0 Å². The van der Waals surface area contributed by atoms with Crippen molar-refractivity contribution in [2.45, 2.75) is 32.2 Å². The van der Waals surface area contributed by atoms with Gasteiger partial charge < -0.3 is 4.57 Å². The smallest absolute Gasteiger partial charge is 0.174 e. The van der Waals surface area contributed by atoms with Gasteiger partial charge in [-0.1, -0.05) is 18.2 Å². The van der Waals surface area contributed by atoms with Crippen LogP contribution in [0.25, 0.3) is 10.9 Å². The molecule has 0 saturated carbocycles. The molecule has 0 saturated heterocycles. The molecule has 0 fully saturated rings. The molecule has 0 spiro atoms. The molecule has 0 aliphatic rings. The maximum Gasteiger partial charge on any atom is 0.174 e. The number of carbonyl (C=O) groups excluding carboxylic acids is 1. The molecule has 0 unspecified atom stereocenters. The molecule has 2 heterocycles. The van der Waals surface area contributed by atoms with Crippen molar-refractivity contribution in [1.29, 1.82) is 0 Å². The fraction of sp³-hybridized carbons (Fsp3) is 0.263. The van der Waals surface area contributed by atoms with Crippen molar-refractivity contribution < 1.29 is 4.79 Å². The monoisotopic (exact) mass is 324 g/mol. The van der Waals surface area contributed by atoms with Crippen LogP contribution in [-0.4, -0.2) is 21.1 Å². The van der Waals surface area contributed by atoms with Gasteiger partial charge in [0.25, 0.3) is 0 Å². The number of pyridine rings is 1. The number of rotatable bonds is 5. The quantitative estimate of drug-likeness (QED) is 0.506. The predicted octanol–water partition coefficient (Wildman–Crippen LogP) is 4.65. The Morgan fingerprint density at radius 3 is 2.74 bits per heavy atom. The van der Waals surface area contributed by atoms with Crippen LogP contribution in [0, 0.1) is 13.8 Å². The second-order valence-corrected chi connectivity index (χ2v) is 6.58. The Morgan fingerprint density at radius 2 is 2.00 bits per heavy atom. The number of fused-ring (bicyclic) bond motifs is 1. The Kier molecular flexibility index (Phi) is 4.53. The average Bonchev–Trinajstić information content (AvgIpc) is 2.86. The van der Waals surface area contributed by atoms with Gasteiger partial charge in [0.05, 0.1) is 11.3 Å². The summed E-state index contributed by atoms with van der Waals surface area (Å²) in [4.78, 5) is 18.1. The molecule has 118 valence electrons. The molecule has 0 aliphatic carbocycles. The molecule has 0 bridgehead atoms. The number of Topliss-reactive ketones (excluding diaryl/α,β-unsaturated/α-hetero) is 1. The standard InChI is InChI=1S/C19H20N2OS/c1-4-21-13(2)11-16(14(21)3)18(22)12-23-19-9-10-20-17-8-6-5-7-15(17)19/h5-11H,4,12H2,1-3H3. The van der Waals surface area contributed by atoms with E-state index in [1.54, 1.807) is 18.0 Å². The van der Waals surface area contributed by atoms with Gasteiger partial charge in [-0.05, 0) is 39.0 Å². The van der Waals surface area contributed by atoms with Gasteiger partial charge in [0.15, 0.2) is 5.78 Å². The molecule has 3 rings (SSSR count). The maximum absolute atomic E-state index is 12.6. The first-order valence-corrected chi connectivity index (χ1v) is 8.77. The zero-order valence-electron chi connectivity index (χ0n) is 13.7. The van der Waals surface area contributed by atoms with Crippen molar-refractivity contribution in [2.75, 3.05) is 5.75 Å². The number of ketones is 1. The minimum Gasteiger partial charge on any atom is -0.349 e. The molecule has 0 amide bonds. The maximum atomic E-state index is 12.6. The molecule has 3 aromatic rings. The zero-order chi connectivity index (χ0) is 16.4. The first-order chi connectivity index (χ1) is 11.1. The fourth-order valence-corrected chi connectivity index (χ4v) is 3.91. The summed E-state index contributed by atoms with van der Waals surface area (Å²) in [6, 6.07) is 12.0. The average molecular weight is 324 g/mol. The number of aromatic nitrogens is 2. The van der Waals surface area contributed by atoms with Crippen LogP contribution in [0.4, 0.5) is 0 Å². The minimum absolute atomic E-state index is 0.184. The summed E-state index contributed by atoms with van der Waals surface area (Å²) in [5.74, 6) is 0.630. The van der Waals surface area contributed by atoms with Gasteiger partial charge in [-0.3, -0.25) is 9.78 Å². The molecule has 1 aromatic carbocycles. The number of hydrogen-bond donors (Lipinski definition) is 0. The summed E-state index contributed by atoms with van der Waals surface area (Å²) < 4.78 is 2.18. The number of benzene rings is 1. The number of hydrogen-bond acceptors (Lipinski definition) is 3. The van der Waals surface area contributed by atoms with Crippen LogP contribution < -0.4 is 0 Å². The van der Waals surface area contributed by atoms with Crippen LogP contribution >= 0.6 is 11.8 Å². The van der Waals surface area contributed by atoms with Gasteiger partial charge in [0.2, 0.25) is 0 Å². The van der Waals surface area contributed by atoms with Gasteiger partial charge in [-0.2, -0.15) is 0 Å². The Bertz CT molecular complexity index is 862. The van der Waals surface area contributed by atoms with E-state index in [4.69, 9.17) is 0 Å². The van der Waals surface area contributed by atoms with E-state index in [0.717, 1.165) is 39.3 Å². The number of para-hydroxylation sites is 1. The third-order valence-electron chi connectivity index (χ3n) is 4.16. The lowest BCUT2D eigenvalue weighted by atomic mass is 10.2. The van der Waals surface area contributed by atoms with Crippen molar-refractivity contribution in [3.8, 4) is 0 Å². The van der Waals surface area contributed by atoms with Crippen LogP contribution in [-0.2, 0) is 6.54 Å². The summed E-state index contributed by atoms with van der Waals surface area (Å²) in [6.07, 6.45) is 1.80. The SMILES string of the molecule is CCn1c(C)cc(C(=O)CSc2ccnc3ccccc23)c1C. The molecule has 0 atom stereocenters. The lowest BCUT2D eigenvalue weighted by molar-refractivity contribution is 0.102. The Hall–Kier alpha value is -2.07. The van der Waals surface area contributed by atoms with E-state index in [1.165, 1.54) is 0 Å². The summed E-state index contributed by atoms with van der Waals surface area (Å²) in [7, 11) is 0. The van der Waals surface area contributed by atoms with Crippen molar-refractivity contribution in [1.82, 2.24) is 9.55 Å². The fourth-order valence-electron chi connectivity index (χ4n) is 2.99. The lowest BCUT2D eigenvalue weighted by Gasteiger charge is -2.07. The number of carbonyl (C=O) groups is 1. The first kappa shape index (κ1) is 15.8. The van der Waals surface area contributed by atoms with Crippen LogP contribution in [0.2, 0.25) is 0 Å². The highest BCUT2D eigenvalue weighted by Gasteiger charge is 2.15. The van der Waals surface area contributed by atoms with Crippen molar-refractivity contribution in [3.63, 3.8) is 0 Å². The molecule has 0 aliphatic heterocycles. The van der Waals surface area contributed by atoms with Crippen molar-refractivity contribution in [3.05, 3.63) is 59.5 Å². The molecule has 2 aromatic heterocycles. The molecule has 0 radical (unpaired) electrons. The van der Waals surface area contributed by atoms with Gasteiger partial charge in [-0.15, -0.1) is 11.8 Å². The van der Waals surface area contributed by atoms with Gasteiger partial charge >= 0.3 is 0 Å².